The van der Waals surface area contributed by atoms with Crippen molar-refractivity contribution in [2.45, 2.75) is 33.2 Å². The van der Waals surface area contributed by atoms with Crippen LogP contribution < -0.4 is 4.90 Å². The van der Waals surface area contributed by atoms with Crippen molar-refractivity contribution in [2.75, 3.05) is 4.90 Å². The Labute approximate surface area is 104 Å². The minimum Gasteiger partial charge on any atom is -0.309 e. The van der Waals surface area contributed by atoms with Gasteiger partial charge in [-0.3, -0.25) is 4.79 Å². The summed E-state index contributed by atoms with van der Waals surface area (Å²) in [5.74, 6) is -0.353. The predicted octanol–water partition coefficient (Wildman–Crippen LogP) is 3.74. The molecule has 0 aliphatic heterocycles. The van der Waals surface area contributed by atoms with Gasteiger partial charge in [0, 0.05) is 16.9 Å². The van der Waals surface area contributed by atoms with Gasteiger partial charge in [-0.2, -0.15) is 0 Å². The fourth-order valence-electron chi connectivity index (χ4n) is 1.54. The van der Waals surface area contributed by atoms with E-state index in [2.05, 4.69) is 15.9 Å². The highest BCUT2D eigenvalue weighted by Crippen LogP contribution is 2.29. The summed E-state index contributed by atoms with van der Waals surface area (Å²) < 4.78 is 13.9. The summed E-state index contributed by atoms with van der Waals surface area (Å²) in [5.41, 5.74) is 0.585. The van der Waals surface area contributed by atoms with E-state index >= 15 is 0 Å². The van der Waals surface area contributed by atoms with Gasteiger partial charge in [-0.25, -0.2) is 4.39 Å². The molecule has 0 aliphatic rings. The van der Waals surface area contributed by atoms with Gasteiger partial charge in [0.15, 0.2) is 0 Å². The summed E-state index contributed by atoms with van der Waals surface area (Å²) in [4.78, 5) is 13.4. The summed E-state index contributed by atoms with van der Waals surface area (Å²) in [6.45, 7) is 5.61. The first-order valence-electron chi connectivity index (χ1n) is 5.24. The number of anilines is 1. The number of amides is 1. The lowest BCUT2D eigenvalue weighted by atomic mass is 10.2. The smallest absolute Gasteiger partial charge is 0.226 e. The molecule has 1 rings (SSSR count). The van der Waals surface area contributed by atoms with Crippen LogP contribution >= 0.6 is 15.9 Å². The molecule has 0 saturated carbocycles. The number of halogens is 2. The zero-order valence-electron chi connectivity index (χ0n) is 9.63. The Balaban J connectivity index is 3.20. The van der Waals surface area contributed by atoms with Crippen LogP contribution in [0.15, 0.2) is 22.7 Å². The standard InChI is InChI=1S/C12H15BrFNO/c1-4-12(16)15(8(2)3)11-7-9(14)5-6-10(11)13/h5-8H,4H2,1-3H3. The van der Waals surface area contributed by atoms with Crippen molar-refractivity contribution in [3.05, 3.63) is 28.5 Å². The van der Waals surface area contributed by atoms with Crippen LogP contribution in [-0.2, 0) is 4.79 Å². The van der Waals surface area contributed by atoms with Crippen molar-refractivity contribution in [1.29, 1.82) is 0 Å². The van der Waals surface area contributed by atoms with Crippen molar-refractivity contribution in [1.82, 2.24) is 0 Å². The van der Waals surface area contributed by atoms with E-state index in [0.717, 1.165) is 4.47 Å². The van der Waals surface area contributed by atoms with Crippen LogP contribution in [0.1, 0.15) is 27.2 Å². The van der Waals surface area contributed by atoms with Gasteiger partial charge in [-0.05, 0) is 48.0 Å². The maximum Gasteiger partial charge on any atom is 0.226 e. The molecule has 16 heavy (non-hydrogen) atoms. The molecular weight excluding hydrogens is 273 g/mol. The molecule has 1 aromatic carbocycles. The quantitative estimate of drug-likeness (QED) is 0.829. The van der Waals surface area contributed by atoms with E-state index in [0.29, 0.717) is 12.1 Å². The first-order chi connectivity index (χ1) is 7.47. The molecule has 1 aromatic rings. The van der Waals surface area contributed by atoms with E-state index in [1.54, 1.807) is 17.9 Å². The topological polar surface area (TPSA) is 20.3 Å². The Bertz CT molecular complexity index is 393. The molecule has 0 aromatic heterocycles. The van der Waals surface area contributed by atoms with Gasteiger partial charge < -0.3 is 4.90 Å². The third-order valence-corrected chi connectivity index (χ3v) is 2.93. The summed E-state index contributed by atoms with van der Waals surface area (Å²) in [7, 11) is 0. The molecule has 88 valence electrons. The summed E-state index contributed by atoms with van der Waals surface area (Å²) in [6, 6.07) is 4.36. The molecule has 0 unspecified atom stereocenters. The minimum atomic E-state index is -0.340. The van der Waals surface area contributed by atoms with E-state index in [1.165, 1.54) is 12.1 Å². The highest BCUT2D eigenvalue weighted by Gasteiger charge is 2.20. The Morgan fingerprint density at radius 2 is 2.12 bits per heavy atom. The van der Waals surface area contributed by atoms with Crippen LogP contribution in [0.25, 0.3) is 0 Å². The van der Waals surface area contributed by atoms with Crippen LogP contribution in [0.3, 0.4) is 0 Å². The molecule has 0 saturated heterocycles. The molecule has 0 spiro atoms. The van der Waals surface area contributed by atoms with Crippen LogP contribution in [-0.4, -0.2) is 11.9 Å². The monoisotopic (exact) mass is 287 g/mol. The molecule has 0 fully saturated rings. The van der Waals surface area contributed by atoms with Crippen molar-refractivity contribution < 1.29 is 9.18 Å². The van der Waals surface area contributed by atoms with E-state index in [4.69, 9.17) is 0 Å². The summed E-state index contributed by atoms with van der Waals surface area (Å²) >= 11 is 3.34. The van der Waals surface area contributed by atoms with E-state index in [-0.39, 0.29) is 17.8 Å². The van der Waals surface area contributed by atoms with Gasteiger partial charge in [0.25, 0.3) is 0 Å². The maximum atomic E-state index is 13.2. The second kappa shape index (κ2) is 5.43. The number of rotatable bonds is 3. The van der Waals surface area contributed by atoms with E-state index in [1.807, 2.05) is 13.8 Å². The second-order valence-electron chi connectivity index (χ2n) is 3.81. The third-order valence-electron chi connectivity index (χ3n) is 2.26. The molecule has 4 heteroatoms. The molecule has 0 N–H and O–H groups in total. The first kappa shape index (κ1) is 13.2. The first-order valence-corrected chi connectivity index (χ1v) is 6.03. The molecule has 0 radical (unpaired) electrons. The Morgan fingerprint density at radius 1 is 1.50 bits per heavy atom. The Hall–Kier alpha value is -0.900. The fourth-order valence-corrected chi connectivity index (χ4v) is 1.98. The summed E-state index contributed by atoms with van der Waals surface area (Å²) in [6.07, 6.45) is 0.404. The lowest BCUT2D eigenvalue weighted by molar-refractivity contribution is -0.118. The molecule has 0 aliphatic carbocycles. The van der Waals surface area contributed by atoms with Crippen LogP contribution in [0.4, 0.5) is 10.1 Å². The lowest BCUT2D eigenvalue weighted by Crippen LogP contribution is -2.36. The second-order valence-corrected chi connectivity index (χ2v) is 4.66. The van der Waals surface area contributed by atoms with Crippen molar-refractivity contribution in [3.8, 4) is 0 Å². The highest BCUT2D eigenvalue weighted by atomic mass is 79.9. The van der Waals surface area contributed by atoms with Gasteiger partial charge >= 0.3 is 0 Å². The summed E-state index contributed by atoms with van der Waals surface area (Å²) in [5, 5.41) is 0. The number of carbonyl (C=O) groups excluding carboxylic acids is 1. The lowest BCUT2D eigenvalue weighted by Gasteiger charge is -2.27. The van der Waals surface area contributed by atoms with Crippen LogP contribution in [0.5, 0.6) is 0 Å². The molecule has 0 heterocycles. The zero-order valence-corrected chi connectivity index (χ0v) is 11.2. The SMILES string of the molecule is CCC(=O)N(c1cc(F)ccc1Br)C(C)C. The van der Waals surface area contributed by atoms with Gasteiger partial charge in [0.05, 0.1) is 5.69 Å². The average molecular weight is 288 g/mol. The average Bonchev–Trinajstić information content (AvgIpc) is 2.22. The number of carbonyl (C=O) groups is 1. The molecule has 0 bridgehead atoms. The largest absolute Gasteiger partial charge is 0.309 e. The third kappa shape index (κ3) is 2.82. The fraction of sp³-hybridized carbons (Fsp3) is 0.417. The van der Waals surface area contributed by atoms with E-state index in [9.17, 15) is 9.18 Å². The van der Waals surface area contributed by atoms with Gasteiger partial charge in [0.2, 0.25) is 5.91 Å². The number of nitrogens with zero attached hydrogens (tertiary/aromatic N) is 1. The van der Waals surface area contributed by atoms with Crippen molar-refractivity contribution >= 4 is 27.5 Å². The molecular formula is C12H15BrFNO. The number of hydrogen-bond acceptors (Lipinski definition) is 1. The number of hydrogen-bond donors (Lipinski definition) is 0. The zero-order chi connectivity index (χ0) is 12.3. The van der Waals surface area contributed by atoms with Gasteiger partial charge in [-0.1, -0.05) is 6.92 Å². The van der Waals surface area contributed by atoms with Crippen LogP contribution in [0, 0.1) is 5.82 Å². The maximum absolute atomic E-state index is 13.2. The molecule has 1 amide bonds. The Morgan fingerprint density at radius 3 is 2.62 bits per heavy atom. The predicted molar refractivity (Wildman–Crippen MR) is 67.0 cm³/mol. The molecule has 2 nitrogen and oxygen atoms in total. The van der Waals surface area contributed by atoms with Crippen LogP contribution in [0.2, 0.25) is 0 Å². The van der Waals surface area contributed by atoms with Crippen molar-refractivity contribution in [2.24, 2.45) is 0 Å². The minimum absolute atomic E-state index is 0.00514. The normalized spacial score (nSPS) is 10.6. The Kier molecular flexibility index (Phi) is 4.47. The van der Waals surface area contributed by atoms with Gasteiger partial charge in [0.1, 0.15) is 5.82 Å². The van der Waals surface area contributed by atoms with E-state index < -0.39 is 0 Å². The molecule has 0 atom stereocenters. The van der Waals surface area contributed by atoms with Crippen molar-refractivity contribution in [3.63, 3.8) is 0 Å². The number of benzene rings is 1. The van der Waals surface area contributed by atoms with Gasteiger partial charge in [-0.15, -0.1) is 0 Å². The highest BCUT2D eigenvalue weighted by molar-refractivity contribution is 9.10.